The average molecular weight is 319 g/mol. The van der Waals surface area contributed by atoms with Crippen LogP contribution in [0.3, 0.4) is 0 Å². The van der Waals surface area contributed by atoms with Crippen LogP contribution < -0.4 is 0 Å². The normalized spacial score (nSPS) is 10.9. The monoisotopic (exact) mass is 319 g/mol. The molecule has 0 aliphatic carbocycles. The van der Waals surface area contributed by atoms with Crippen molar-refractivity contribution in [2.24, 2.45) is 0 Å². The third-order valence-electron chi connectivity index (χ3n) is 3.60. The smallest absolute Gasteiger partial charge is 0.219 e. The number of hydrogen-bond donors (Lipinski definition) is 0. The number of hydrogen-bond acceptors (Lipinski definition) is 5. The average Bonchev–Trinajstić information content (AvgIpc) is 3.06. The van der Waals surface area contributed by atoms with E-state index in [0.717, 1.165) is 11.3 Å². The van der Waals surface area contributed by atoms with E-state index in [9.17, 15) is 9.18 Å². The molecule has 0 amide bonds. The highest BCUT2D eigenvalue weighted by Gasteiger charge is 2.21. The van der Waals surface area contributed by atoms with Crippen LogP contribution in [0.25, 0.3) is 16.9 Å². The highest BCUT2D eigenvalue weighted by atomic mass is 19.1. The predicted molar refractivity (Wildman–Crippen MR) is 83.8 cm³/mol. The Morgan fingerprint density at radius 3 is 2.62 bits per heavy atom. The summed E-state index contributed by atoms with van der Waals surface area (Å²) in [7, 11) is 0. The van der Waals surface area contributed by atoms with Gasteiger partial charge in [-0.2, -0.15) is 5.10 Å². The molecule has 0 unspecified atom stereocenters. The van der Waals surface area contributed by atoms with Crippen molar-refractivity contribution >= 4 is 11.4 Å². The van der Waals surface area contributed by atoms with Crippen molar-refractivity contribution in [3.05, 3.63) is 78.4 Å². The standard InChI is InChI=1S/C17H10FN5O/c18-13-2-1-6-20-15(13)16(24)12-10-22-23-14(5-9-21-17(12)23)11-3-7-19-8-4-11/h1-10H. The molecule has 0 N–H and O–H groups in total. The van der Waals surface area contributed by atoms with E-state index >= 15 is 0 Å². The quantitative estimate of drug-likeness (QED) is 0.543. The highest BCUT2D eigenvalue weighted by molar-refractivity contribution is 6.11. The third-order valence-corrected chi connectivity index (χ3v) is 3.60. The minimum atomic E-state index is -0.674. The predicted octanol–water partition coefficient (Wildman–Crippen LogP) is 2.56. The van der Waals surface area contributed by atoms with Gasteiger partial charge in [-0.05, 0) is 30.3 Å². The number of ketones is 1. The number of halogens is 1. The molecule has 4 rings (SSSR count). The third kappa shape index (κ3) is 2.23. The molecule has 0 radical (unpaired) electrons. The molecule has 0 bridgehead atoms. The van der Waals surface area contributed by atoms with Crippen LogP contribution in [0.2, 0.25) is 0 Å². The van der Waals surface area contributed by atoms with E-state index in [1.165, 1.54) is 24.5 Å². The summed E-state index contributed by atoms with van der Waals surface area (Å²) < 4.78 is 15.4. The van der Waals surface area contributed by atoms with Gasteiger partial charge in [-0.25, -0.2) is 18.9 Å². The largest absolute Gasteiger partial charge is 0.287 e. The summed E-state index contributed by atoms with van der Waals surface area (Å²) in [6.45, 7) is 0. The minimum Gasteiger partial charge on any atom is -0.287 e. The number of fused-ring (bicyclic) bond motifs is 1. The van der Waals surface area contributed by atoms with Crippen molar-refractivity contribution < 1.29 is 9.18 Å². The van der Waals surface area contributed by atoms with Crippen LogP contribution in [0, 0.1) is 5.82 Å². The molecule has 0 saturated heterocycles. The Labute approximate surface area is 135 Å². The number of aromatic nitrogens is 5. The highest BCUT2D eigenvalue weighted by Crippen LogP contribution is 2.21. The zero-order valence-electron chi connectivity index (χ0n) is 12.3. The van der Waals surface area contributed by atoms with Crippen molar-refractivity contribution in [2.75, 3.05) is 0 Å². The Morgan fingerprint density at radius 2 is 1.83 bits per heavy atom. The molecule has 4 heterocycles. The van der Waals surface area contributed by atoms with Gasteiger partial charge < -0.3 is 0 Å². The van der Waals surface area contributed by atoms with E-state index in [0.29, 0.717) is 5.65 Å². The first-order valence-corrected chi connectivity index (χ1v) is 7.14. The van der Waals surface area contributed by atoms with Gasteiger partial charge in [0.15, 0.2) is 11.5 Å². The molecule has 116 valence electrons. The summed E-state index contributed by atoms with van der Waals surface area (Å²) >= 11 is 0. The first-order chi connectivity index (χ1) is 11.8. The van der Waals surface area contributed by atoms with E-state index in [2.05, 4.69) is 20.1 Å². The molecule has 0 spiro atoms. The van der Waals surface area contributed by atoms with Gasteiger partial charge in [0.2, 0.25) is 5.78 Å². The van der Waals surface area contributed by atoms with Crippen molar-refractivity contribution in [3.8, 4) is 11.3 Å². The molecule has 0 aliphatic rings. The fraction of sp³-hybridized carbons (Fsp3) is 0. The van der Waals surface area contributed by atoms with Crippen LogP contribution in [-0.4, -0.2) is 30.3 Å². The fourth-order valence-corrected chi connectivity index (χ4v) is 2.47. The molecule has 4 aromatic heterocycles. The van der Waals surface area contributed by atoms with Crippen LogP contribution in [0.4, 0.5) is 4.39 Å². The van der Waals surface area contributed by atoms with Gasteiger partial charge in [-0.15, -0.1) is 0 Å². The summed E-state index contributed by atoms with van der Waals surface area (Å²) in [5.74, 6) is -1.23. The van der Waals surface area contributed by atoms with Gasteiger partial charge in [-0.1, -0.05) is 0 Å². The molecule has 7 heteroatoms. The second-order valence-corrected chi connectivity index (χ2v) is 5.02. The van der Waals surface area contributed by atoms with Gasteiger partial charge in [0, 0.05) is 30.4 Å². The molecule has 24 heavy (non-hydrogen) atoms. The lowest BCUT2D eigenvalue weighted by Crippen LogP contribution is -2.07. The van der Waals surface area contributed by atoms with Crippen molar-refractivity contribution in [1.82, 2.24) is 24.6 Å². The Kier molecular flexibility index (Phi) is 3.31. The summed E-state index contributed by atoms with van der Waals surface area (Å²) in [6.07, 6.45) is 7.67. The number of carbonyl (C=O) groups excluding carboxylic acids is 1. The molecule has 0 aliphatic heterocycles. The summed E-state index contributed by atoms with van der Waals surface area (Å²) in [5, 5.41) is 4.23. The van der Waals surface area contributed by atoms with Crippen molar-refractivity contribution in [2.45, 2.75) is 0 Å². The first kappa shape index (κ1) is 14.1. The van der Waals surface area contributed by atoms with Crippen LogP contribution >= 0.6 is 0 Å². The van der Waals surface area contributed by atoms with Crippen LogP contribution in [0.5, 0.6) is 0 Å². The lowest BCUT2D eigenvalue weighted by molar-refractivity contribution is 0.103. The van der Waals surface area contributed by atoms with Gasteiger partial charge in [0.05, 0.1) is 17.5 Å². The van der Waals surface area contributed by atoms with Gasteiger partial charge in [-0.3, -0.25) is 9.78 Å². The molecule has 0 fully saturated rings. The maximum atomic E-state index is 13.8. The van der Waals surface area contributed by atoms with Crippen LogP contribution in [0.1, 0.15) is 16.1 Å². The molecule has 0 aromatic carbocycles. The molecule has 6 nitrogen and oxygen atoms in total. The number of pyridine rings is 2. The Hall–Kier alpha value is -3.48. The second kappa shape index (κ2) is 5.62. The minimum absolute atomic E-state index is 0.198. The van der Waals surface area contributed by atoms with Crippen LogP contribution in [0.15, 0.2) is 61.3 Å². The van der Waals surface area contributed by atoms with Gasteiger partial charge in [0.25, 0.3) is 0 Å². The van der Waals surface area contributed by atoms with Crippen molar-refractivity contribution in [1.29, 1.82) is 0 Å². The van der Waals surface area contributed by atoms with Crippen LogP contribution in [-0.2, 0) is 0 Å². The van der Waals surface area contributed by atoms with E-state index in [1.54, 1.807) is 29.2 Å². The Bertz CT molecular complexity index is 1050. The Morgan fingerprint density at radius 1 is 1.00 bits per heavy atom. The SMILES string of the molecule is O=C(c1ncccc1F)c1cnn2c(-c3ccncc3)ccnc12. The number of carbonyl (C=O) groups is 1. The topological polar surface area (TPSA) is 73.0 Å². The molecule has 0 saturated carbocycles. The van der Waals surface area contributed by atoms with E-state index < -0.39 is 11.6 Å². The maximum Gasteiger partial charge on any atom is 0.219 e. The van der Waals surface area contributed by atoms with E-state index in [-0.39, 0.29) is 11.3 Å². The lowest BCUT2D eigenvalue weighted by atomic mass is 10.1. The Balaban J connectivity index is 1.88. The van der Waals surface area contributed by atoms with Gasteiger partial charge >= 0.3 is 0 Å². The zero-order valence-corrected chi connectivity index (χ0v) is 12.3. The van der Waals surface area contributed by atoms with Crippen molar-refractivity contribution in [3.63, 3.8) is 0 Å². The maximum absolute atomic E-state index is 13.8. The summed E-state index contributed by atoms with van der Waals surface area (Å²) in [6, 6.07) is 8.07. The molecular formula is C17H10FN5O. The second-order valence-electron chi connectivity index (χ2n) is 5.02. The number of rotatable bonds is 3. The van der Waals surface area contributed by atoms with E-state index in [4.69, 9.17) is 0 Å². The first-order valence-electron chi connectivity index (χ1n) is 7.14. The number of nitrogens with zero attached hydrogens (tertiary/aromatic N) is 5. The molecular weight excluding hydrogens is 309 g/mol. The summed E-state index contributed by atoms with van der Waals surface area (Å²) in [5.41, 5.74) is 1.93. The van der Waals surface area contributed by atoms with Gasteiger partial charge in [0.1, 0.15) is 5.69 Å². The van der Waals surface area contributed by atoms with E-state index in [1.807, 2.05) is 12.1 Å². The molecule has 4 aromatic rings. The fourth-order valence-electron chi connectivity index (χ4n) is 2.47. The lowest BCUT2D eigenvalue weighted by Gasteiger charge is -2.04. The zero-order chi connectivity index (χ0) is 16.5. The summed E-state index contributed by atoms with van der Waals surface area (Å²) in [4.78, 5) is 24.6. The molecule has 0 atom stereocenters.